The summed E-state index contributed by atoms with van der Waals surface area (Å²) in [6.45, 7) is -0.188. The van der Waals surface area contributed by atoms with Gasteiger partial charge in [0.1, 0.15) is 10.7 Å². The van der Waals surface area contributed by atoms with Crippen LogP contribution in [-0.4, -0.2) is 15.0 Å². The zero-order valence-electron chi connectivity index (χ0n) is 7.70. The maximum absolute atomic E-state index is 13.2. The molecule has 80 valence electrons. The van der Waals surface area contributed by atoms with Crippen molar-refractivity contribution < 1.29 is 12.8 Å². The summed E-state index contributed by atoms with van der Waals surface area (Å²) in [5, 5.41) is 0. The number of anilines is 1. The Morgan fingerprint density at radius 3 is 2.73 bits per heavy atom. The molecule has 0 aliphatic heterocycles. The van der Waals surface area contributed by atoms with Gasteiger partial charge in [0.05, 0.1) is 6.54 Å². The van der Waals surface area contributed by atoms with E-state index in [0.717, 1.165) is 12.1 Å². The first-order valence-corrected chi connectivity index (χ1v) is 5.44. The highest BCUT2D eigenvalue weighted by Crippen LogP contribution is 2.16. The second-order valence-corrected chi connectivity index (χ2v) is 4.45. The van der Waals surface area contributed by atoms with Crippen LogP contribution in [0.2, 0.25) is 0 Å². The average Bonchev–Trinajstić information content (AvgIpc) is 2.14. The number of nitrogens with one attached hydrogen (secondary N) is 1. The van der Waals surface area contributed by atoms with Crippen molar-refractivity contribution in [2.75, 3.05) is 12.3 Å². The van der Waals surface area contributed by atoms with Crippen molar-refractivity contribution in [1.29, 1.82) is 0 Å². The van der Waals surface area contributed by atoms with Gasteiger partial charge >= 0.3 is 0 Å². The van der Waals surface area contributed by atoms with Gasteiger partial charge in [-0.05, 0) is 18.2 Å². The predicted molar refractivity (Wildman–Crippen MR) is 54.8 cm³/mol. The van der Waals surface area contributed by atoms with Crippen LogP contribution in [0.25, 0.3) is 0 Å². The third kappa shape index (κ3) is 2.68. The molecule has 0 saturated heterocycles. The molecule has 15 heavy (non-hydrogen) atoms. The fourth-order valence-corrected chi connectivity index (χ4v) is 1.94. The van der Waals surface area contributed by atoms with Crippen LogP contribution in [0.3, 0.4) is 0 Å². The highest BCUT2D eigenvalue weighted by molar-refractivity contribution is 7.89. The Bertz CT molecular complexity index is 505. The number of rotatable bonds is 3. The van der Waals surface area contributed by atoms with Crippen LogP contribution in [0.15, 0.2) is 23.1 Å². The first-order valence-electron chi connectivity index (χ1n) is 3.95. The Labute approximate surface area is 87.3 Å². The van der Waals surface area contributed by atoms with E-state index in [0.29, 0.717) is 0 Å². The second-order valence-electron chi connectivity index (χ2n) is 2.72. The topological polar surface area (TPSA) is 72.2 Å². The van der Waals surface area contributed by atoms with Gasteiger partial charge in [0, 0.05) is 5.69 Å². The first kappa shape index (κ1) is 11.5. The van der Waals surface area contributed by atoms with Gasteiger partial charge in [-0.3, -0.25) is 0 Å². The zero-order chi connectivity index (χ0) is 11.5. The first-order chi connectivity index (χ1) is 6.97. The lowest BCUT2D eigenvalue weighted by Gasteiger charge is -2.05. The number of nitrogen functional groups attached to an aromatic ring is 1. The van der Waals surface area contributed by atoms with Crippen LogP contribution in [0.5, 0.6) is 0 Å². The highest BCUT2D eigenvalue weighted by Gasteiger charge is 2.17. The summed E-state index contributed by atoms with van der Waals surface area (Å²) in [5.74, 6) is 1.18. The van der Waals surface area contributed by atoms with Gasteiger partial charge in [0.25, 0.3) is 0 Å². The Kier molecular flexibility index (Phi) is 3.29. The molecule has 0 unspecified atom stereocenters. The maximum atomic E-state index is 13.2. The Morgan fingerprint density at radius 2 is 2.20 bits per heavy atom. The maximum Gasteiger partial charge on any atom is 0.244 e. The minimum absolute atomic E-state index is 0.156. The van der Waals surface area contributed by atoms with E-state index < -0.39 is 20.7 Å². The Morgan fingerprint density at radius 1 is 1.53 bits per heavy atom. The van der Waals surface area contributed by atoms with E-state index >= 15 is 0 Å². The van der Waals surface area contributed by atoms with Gasteiger partial charge in [-0.25, -0.2) is 12.8 Å². The SMILES string of the molecule is C#CCNS(=O)(=O)c1ccc(N)cc1F. The molecule has 0 aliphatic rings. The molecule has 0 atom stereocenters. The fraction of sp³-hybridized carbons (Fsp3) is 0.111. The van der Waals surface area contributed by atoms with E-state index in [4.69, 9.17) is 12.2 Å². The molecule has 0 fully saturated rings. The lowest BCUT2D eigenvalue weighted by atomic mass is 10.3. The zero-order valence-corrected chi connectivity index (χ0v) is 8.51. The molecule has 0 aromatic heterocycles. The molecular weight excluding hydrogens is 219 g/mol. The van der Waals surface area contributed by atoms with Gasteiger partial charge in [-0.15, -0.1) is 6.42 Å². The molecule has 1 aromatic carbocycles. The van der Waals surface area contributed by atoms with Crippen LogP contribution in [0.4, 0.5) is 10.1 Å². The smallest absolute Gasteiger partial charge is 0.244 e. The molecule has 0 amide bonds. The van der Waals surface area contributed by atoms with E-state index in [1.54, 1.807) is 0 Å². The average molecular weight is 228 g/mol. The van der Waals surface area contributed by atoms with Gasteiger partial charge in [0.2, 0.25) is 10.0 Å². The van der Waals surface area contributed by atoms with Crippen LogP contribution in [0.1, 0.15) is 0 Å². The van der Waals surface area contributed by atoms with Gasteiger partial charge in [-0.1, -0.05) is 5.92 Å². The van der Waals surface area contributed by atoms with Crippen LogP contribution < -0.4 is 10.5 Å². The summed E-state index contributed by atoms with van der Waals surface area (Å²) >= 11 is 0. The summed E-state index contributed by atoms with van der Waals surface area (Å²) in [5.41, 5.74) is 5.44. The third-order valence-electron chi connectivity index (χ3n) is 1.61. The second kappa shape index (κ2) is 4.29. The minimum atomic E-state index is -3.89. The van der Waals surface area contributed by atoms with Crippen LogP contribution in [0, 0.1) is 18.2 Å². The molecule has 4 nitrogen and oxygen atoms in total. The van der Waals surface area contributed by atoms with Crippen molar-refractivity contribution in [1.82, 2.24) is 4.72 Å². The molecule has 0 aliphatic carbocycles. The molecule has 0 radical (unpaired) electrons. The van der Waals surface area contributed by atoms with Gasteiger partial charge < -0.3 is 5.73 Å². The summed E-state index contributed by atoms with van der Waals surface area (Å²) in [4.78, 5) is -0.466. The normalized spacial score (nSPS) is 10.9. The predicted octanol–water partition coefficient (Wildman–Crippen LogP) is 0.319. The number of hydrogen-bond donors (Lipinski definition) is 2. The van der Waals surface area contributed by atoms with E-state index in [2.05, 4.69) is 5.92 Å². The standard InChI is InChI=1S/C9H9FN2O2S/c1-2-5-12-15(13,14)9-4-3-7(11)6-8(9)10/h1,3-4,6,12H,5,11H2. The lowest BCUT2D eigenvalue weighted by molar-refractivity contribution is 0.560. The van der Waals surface area contributed by atoms with Crippen molar-refractivity contribution in [2.24, 2.45) is 0 Å². The molecule has 0 saturated carbocycles. The van der Waals surface area contributed by atoms with E-state index in [-0.39, 0.29) is 12.2 Å². The van der Waals surface area contributed by atoms with E-state index in [1.807, 2.05) is 4.72 Å². The third-order valence-corrected chi connectivity index (χ3v) is 3.04. The molecule has 3 N–H and O–H groups in total. The van der Waals surface area contributed by atoms with E-state index in [1.165, 1.54) is 6.07 Å². The highest BCUT2D eigenvalue weighted by atomic mass is 32.2. The largest absolute Gasteiger partial charge is 0.399 e. The number of hydrogen-bond acceptors (Lipinski definition) is 3. The summed E-state index contributed by atoms with van der Waals surface area (Å²) < 4.78 is 38.1. The monoisotopic (exact) mass is 228 g/mol. The number of halogens is 1. The Hall–Kier alpha value is -1.58. The van der Waals surface area contributed by atoms with Crippen molar-refractivity contribution >= 4 is 15.7 Å². The molecule has 1 aromatic rings. The molecular formula is C9H9FN2O2S. The summed E-state index contributed by atoms with van der Waals surface area (Å²) in [7, 11) is -3.89. The molecule has 1 rings (SSSR count). The number of nitrogens with two attached hydrogens (primary N) is 1. The summed E-state index contributed by atoms with van der Waals surface area (Å²) in [6.07, 6.45) is 4.89. The number of benzene rings is 1. The summed E-state index contributed by atoms with van der Waals surface area (Å²) in [6, 6.07) is 3.32. The van der Waals surface area contributed by atoms with Crippen molar-refractivity contribution in [3.63, 3.8) is 0 Å². The van der Waals surface area contributed by atoms with Crippen LogP contribution in [-0.2, 0) is 10.0 Å². The van der Waals surface area contributed by atoms with E-state index in [9.17, 15) is 12.8 Å². The Balaban J connectivity index is 3.12. The molecule has 0 heterocycles. The van der Waals surface area contributed by atoms with Crippen molar-refractivity contribution in [3.8, 4) is 12.3 Å². The van der Waals surface area contributed by atoms with Crippen molar-refractivity contribution in [3.05, 3.63) is 24.0 Å². The fourth-order valence-electron chi connectivity index (χ4n) is 0.949. The quantitative estimate of drug-likeness (QED) is 0.578. The molecule has 6 heteroatoms. The van der Waals surface area contributed by atoms with Crippen molar-refractivity contribution in [2.45, 2.75) is 4.90 Å². The van der Waals surface area contributed by atoms with Crippen LogP contribution >= 0.6 is 0 Å². The lowest BCUT2D eigenvalue weighted by Crippen LogP contribution is -2.24. The number of terminal acetylenes is 1. The molecule has 0 spiro atoms. The minimum Gasteiger partial charge on any atom is -0.399 e. The molecule has 0 bridgehead atoms. The van der Waals surface area contributed by atoms with Gasteiger partial charge in [-0.2, -0.15) is 4.72 Å². The number of sulfonamides is 1. The van der Waals surface area contributed by atoms with Gasteiger partial charge in [0.15, 0.2) is 0 Å².